The molecule has 1 N–H and O–H groups in total. The first-order valence-electron chi connectivity index (χ1n) is 8.58. The van der Waals surface area contributed by atoms with E-state index in [0.29, 0.717) is 19.6 Å². The Balaban J connectivity index is 4.42. The highest BCUT2D eigenvalue weighted by molar-refractivity contribution is 7.83. The number of ether oxygens (including phenoxy) is 1. The molecule has 0 rings (SSSR count). The summed E-state index contributed by atoms with van der Waals surface area (Å²) in [7, 11) is 0. The van der Waals surface area contributed by atoms with E-state index in [0.717, 1.165) is 12.0 Å². The third-order valence-corrected chi connectivity index (χ3v) is 4.91. The van der Waals surface area contributed by atoms with Crippen molar-refractivity contribution in [2.24, 2.45) is 0 Å². The van der Waals surface area contributed by atoms with Gasteiger partial charge in [-0.15, -0.1) is 12.3 Å². The number of allylic oxidation sites excluding steroid dienone is 4. The lowest BCUT2D eigenvalue weighted by Crippen LogP contribution is -2.41. The predicted octanol–water partition coefficient (Wildman–Crippen LogP) is 5.78. The average Bonchev–Trinajstić information content (AvgIpc) is 2.50. The Hall–Kier alpha value is -1.08. The van der Waals surface area contributed by atoms with Crippen LogP contribution >= 0.6 is 18.1 Å². The number of terminal acetylenes is 1. The minimum absolute atomic E-state index is 0.290. The summed E-state index contributed by atoms with van der Waals surface area (Å²) in [6.07, 6.45) is 17.5. The Morgan fingerprint density at radius 3 is 2.73 bits per heavy atom. The Labute approximate surface area is 163 Å². The third-order valence-electron chi connectivity index (χ3n) is 2.94. The summed E-state index contributed by atoms with van der Waals surface area (Å²) in [6, 6.07) is 0. The van der Waals surface area contributed by atoms with Gasteiger partial charge in [0.2, 0.25) is 0 Å². The maximum absolute atomic E-state index is 12.5. The van der Waals surface area contributed by atoms with Gasteiger partial charge in [-0.2, -0.15) is 0 Å². The molecule has 2 unspecified atom stereocenters. The molecular weight excluding hydrogens is 369 g/mol. The van der Waals surface area contributed by atoms with Gasteiger partial charge in [0.05, 0.1) is 19.3 Å². The van der Waals surface area contributed by atoms with Crippen molar-refractivity contribution in [3.63, 3.8) is 0 Å². The zero-order valence-electron chi connectivity index (χ0n) is 16.2. The summed E-state index contributed by atoms with van der Waals surface area (Å²) in [5.41, 5.74) is 0.172. The van der Waals surface area contributed by atoms with E-state index in [4.69, 9.17) is 26.9 Å². The van der Waals surface area contributed by atoms with Gasteiger partial charge in [0.1, 0.15) is 0 Å². The van der Waals surface area contributed by atoms with E-state index in [9.17, 15) is 4.57 Å². The highest BCUT2D eigenvalue weighted by Crippen LogP contribution is 2.51. The second-order valence-corrected chi connectivity index (χ2v) is 9.20. The van der Waals surface area contributed by atoms with Crippen molar-refractivity contribution >= 4 is 18.1 Å². The monoisotopic (exact) mass is 399 g/mol. The number of hydrogen-bond acceptors (Lipinski definition) is 3. The fourth-order valence-electron chi connectivity index (χ4n) is 1.88. The lowest BCUT2D eigenvalue weighted by Gasteiger charge is -2.29. The van der Waals surface area contributed by atoms with Crippen LogP contribution in [0.25, 0.3) is 0 Å². The summed E-state index contributed by atoms with van der Waals surface area (Å²) in [5, 5.41) is 2.84. The molecule has 146 valence electrons. The Morgan fingerprint density at radius 1 is 1.42 bits per heavy atom. The van der Waals surface area contributed by atoms with Crippen molar-refractivity contribution in [2.45, 2.75) is 52.2 Å². The van der Waals surface area contributed by atoms with Crippen molar-refractivity contribution in [1.29, 1.82) is 0 Å². The van der Waals surface area contributed by atoms with E-state index in [1.54, 1.807) is 13.0 Å². The standard InChI is InChI=1S/C20H31ClNO3P/c1-7-9-11-13-15-19(4)25-26(21,23)22-20(5,6)17-24-16-18(3)14-12-10-8-2/h2,9,11-15,19H,3,7,10,16-17H2,1,4-6H3,(H,22,23)/b11-9-,14-12-,15-13-. The quantitative estimate of drug-likeness (QED) is 0.242. The van der Waals surface area contributed by atoms with Crippen LogP contribution in [-0.2, 0) is 13.8 Å². The van der Waals surface area contributed by atoms with E-state index in [1.807, 2.05) is 51.2 Å². The first-order chi connectivity index (χ1) is 12.1. The molecule has 2 atom stereocenters. The summed E-state index contributed by atoms with van der Waals surface area (Å²) < 4.78 is 23.5. The number of rotatable bonds is 13. The van der Waals surface area contributed by atoms with Gasteiger partial charge in [-0.25, -0.2) is 5.09 Å². The summed E-state index contributed by atoms with van der Waals surface area (Å²) in [5.74, 6) is 2.52. The molecule has 0 radical (unpaired) electrons. The third kappa shape index (κ3) is 14.1. The van der Waals surface area contributed by atoms with Gasteiger partial charge < -0.3 is 4.74 Å². The molecule has 0 heterocycles. The number of halogens is 1. The van der Waals surface area contributed by atoms with Gasteiger partial charge in [0.15, 0.2) is 0 Å². The maximum atomic E-state index is 12.5. The van der Waals surface area contributed by atoms with Crippen LogP contribution < -0.4 is 5.09 Å². The molecule has 4 nitrogen and oxygen atoms in total. The second-order valence-electron chi connectivity index (χ2n) is 6.47. The minimum Gasteiger partial charge on any atom is -0.375 e. The van der Waals surface area contributed by atoms with Gasteiger partial charge in [0, 0.05) is 12.0 Å². The van der Waals surface area contributed by atoms with Gasteiger partial charge in [-0.05, 0) is 44.0 Å². The molecule has 26 heavy (non-hydrogen) atoms. The molecule has 0 aromatic heterocycles. The normalized spacial score (nSPS) is 16.2. The molecule has 0 amide bonds. The number of hydrogen-bond donors (Lipinski definition) is 1. The molecule has 0 saturated carbocycles. The molecule has 0 aromatic rings. The molecular formula is C20H31ClNO3P. The summed E-state index contributed by atoms with van der Waals surface area (Å²) in [6.45, 7) is 8.53. The van der Waals surface area contributed by atoms with Gasteiger partial charge in [-0.1, -0.05) is 50.0 Å². The first-order valence-corrected chi connectivity index (χ1v) is 11.1. The second kappa shape index (κ2) is 13.1. The molecule has 0 bridgehead atoms. The van der Waals surface area contributed by atoms with Crippen LogP contribution in [0.3, 0.4) is 0 Å². The average molecular weight is 400 g/mol. The van der Waals surface area contributed by atoms with E-state index in [-0.39, 0.29) is 6.10 Å². The summed E-state index contributed by atoms with van der Waals surface area (Å²) in [4.78, 5) is 0. The van der Waals surface area contributed by atoms with Crippen molar-refractivity contribution in [1.82, 2.24) is 5.09 Å². The Morgan fingerprint density at radius 2 is 2.12 bits per heavy atom. The molecule has 0 aromatic carbocycles. The van der Waals surface area contributed by atoms with Crippen LogP contribution in [-0.4, -0.2) is 24.9 Å². The van der Waals surface area contributed by atoms with Crippen LogP contribution in [0.5, 0.6) is 0 Å². The first kappa shape index (κ1) is 24.9. The topological polar surface area (TPSA) is 47.6 Å². The lowest BCUT2D eigenvalue weighted by atomic mass is 10.1. The SMILES string of the molecule is C#CC/C=C\C(=C)COCC(C)(C)NP(=O)(Cl)OC(C)/C=C\C=C/CC. The highest BCUT2D eigenvalue weighted by Gasteiger charge is 2.31. The van der Waals surface area contributed by atoms with E-state index >= 15 is 0 Å². The van der Waals surface area contributed by atoms with E-state index in [2.05, 4.69) is 17.6 Å². The molecule has 0 aliphatic heterocycles. The fraction of sp³-hybridized carbons (Fsp3) is 0.500. The molecule has 0 spiro atoms. The number of nitrogens with one attached hydrogen (secondary N) is 1. The maximum Gasteiger partial charge on any atom is 0.361 e. The van der Waals surface area contributed by atoms with Crippen LogP contribution in [0.15, 0.2) is 48.6 Å². The molecule has 6 heteroatoms. The van der Waals surface area contributed by atoms with Crippen LogP contribution in [0.1, 0.15) is 40.5 Å². The van der Waals surface area contributed by atoms with Crippen molar-refractivity contribution in [3.05, 3.63) is 48.6 Å². The highest BCUT2D eigenvalue weighted by atomic mass is 35.7. The predicted molar refractivity (Wildman–Crippen MR) is 112 cm³/mol. The molecule has 0 aliphatic carbocycles. The zero-order chi connectivity index (χ0) is 20.1. The van der Waals surface area contributed by atoms with E-state index in [1.165, 1.54) is 0 Å². The molecule has 0 aliphatic rings. The largest absolute Gasteiger partial charge is 0.375 e. The van der Waals surface area contributed by atoms with Crippen LogP contribution in [0, 0.1) is 12.3 Å². The fourth-order valence-corrected chi connectivity index (χ4v) is 4.29. The van der Waals surface area contributed by atoms with Gasteiger partial charge in [-0.3, -0.25) is 9.09 Å². The smallest absolute Gasteiger partial charge is 0.361 e. The van der Waals surface area contributed by atoms with Crippen molar-refractivity contribution < 1.29 is 13.8 Å². The van der Waals surface area contributed by atoms with Gasteiger partial charge >= 0.3 is 6.87 Å². The lowest BCUT2D eigenvalue weighted by molar-refractivity contribution is 0.107. The Kier molecular flexibility index (Phi) is 12.6. The van der Waals surface area contributed by atoms with Crippen LogP contribution in [0.2, 0.25) is 0 Å². The minimum atomic E-state index is -3.50. The summed E-state index contributed by atoms with van der Waals surface area (Å²) >= 11 is 6.05. The van der Waals surface area contributed by atoms with Crippen molar-refractivity contribution in [3.8, 4) is 12.3 Å². The molecule has 0 saturated heterocycles. The van der Waals surface area contributed by atoms with Crippen molar-refractivity contribution in [2.75, 3.05) is 13.2 Å². The van der Waals surface area contributed by atoms with E-state index < -0.39 is 12.4 Å². The Bertz CT molecular complexity index is 603. The van der Waals surface area contributed by atoms with Crippen LogP contribution in [0.4, 0.5) is 0 Å². The van der Waals surface area contributed by atoms with Gasteiger partial charge in [0.25, 0.3) is 0 Å². The molecule has 0 fully saturated rings. The zero-order valence-corrected chi connectivity index (χ0v) is 17.9.